The minimum Gasteiger partial charge on any atom is -0.491 e. The maximum absolute atomic E-state index is 12.1. The molecule has 0 atom stereocenters. The van der Waals surface area contributed by atoms with Gasteiger partial charge in [-0.3, -0.25) is 33.2 Å². The van der Waals surface area contributed by atoms with E-state index in [2.05, 4.69) is 35.7 Å². The fourth-order valence-corrected chi connectivity index (χ4v) is 6.94. The van der Waals surface area contributed by atoms with Gasteiger partial charge >= 0.3 is 5.97 Å². The summed E-state index contributed by atoms with van der Waals surface area (Å²) >= 11 is 0. The molecule has 336 valence electrons. The zero-order valence-electron chi connectivity index (χ0n) is 37.0. The number of aryl methyl sites for hydroxylation is 4. The van der Waals surface area contributed by atoms with Crippen LogP contribution < -0.4 is 21.1 Å². The van der Waals surface area contributed by atoms with Crippen molar-refractivity contribution in [1.82, 2.24) is 48.5 Å². The van der Waals surface area contributed by atoms with Crippen molar-refractivity contribution in [1.29, 1.82) is 0 Å². The monoisotopic (exact) mass is 867 g/mol. The van der Waals surface area contributed by atoms with Gasteiger partial charge in [0, 0.05) is 71.7 Å². The lowest BCUT2D eigenvalue weighted by atomic mass is 10.1. The van der Waals surface area contributed by atoms with Gasteiger partial charge in [-0.25, -0.2) is 19.7 Å². The number of rotatable bonds is 17. The summed E-state index contributed by atoms with van der Waals surface area (Å²) in [4.78, 5) is 60.8. The number of ether oxygens (including phenoxy) is 3. The van der Waals surface area contributed by atoms with Crippen molar-refractivity contribution >= 4 is 58.5 Å². The minimum atomic E-state index is -0.541. The van der Waals surface area contributed by atoms with E-state index in [0.717, 1.165) is 81.8 Å². The number of aldehydes is 2. The van der Waals surface area contributed by atoms with Crippen LogP contribution in [0.4, 0.5) is 11.9 Å². The first-order valence-electron chi connectivity index (χ1n) is 20.7. The lowest BCUT2D eigenvalue weighted by Crippen LogP contribution is -2.37. The van der Waals surface area contributed by atoms with Crippen molar-refractivity contribution < 1.29 is 33.4 Å². The molecule has 1 amide bonds. The summed E-state index contributed by atoms with van der Waals surface area (Å²) in [7, 11) is 4.91. The molecule has 0 spiro atoms. The number of nitrogens with two attached hydrogens (primary N) is 1. The molecule has 0 bridgehead atoms. The van der Waals surface area contributed by atoms with Gasteiger partial charge in [-0.2, -0.15) is 10.2 Å². The Kier molecular flexibility index (Phi) is 17.0. The second kappa shape index (κ2) is 22.8. The fraction of sp³-hybridized carbons (Fsp3) is 0.419. The maximum atomic E-state index is 12.1. The molecule has 1 aliphatic rings. The van der Waals surface area contributed by atoms with E-state index in [4.69, 9.17) is 24.9 Å². The number of pyridine rings is 1. The number of aromatic nitrogens is 9. The number of primary amides is 1. The molecule has 0 saturated carbocycles. The maximum Gasteiger partial charge on any atom is 0.339 e. The van der Waals surface area contributed by atoms with Crippen LogP contribution in [0.25, 0.3) is 22.2 Å². The van der Waals surface area contributed by atoms with Gasteiger partial charge in [0.05, 0.1) is 49.4 Å². The van der Waals surface area contributed by atoms with Crippen LogP contribution in [0.15, 0.2) is 48.7 Å². The predicted molar refractivity (Wildman–Crippen MR) is 239 cm³/mol. The molecular weight excluding hydrogens is 811 g/mol. The predicted octanol–water partition coefficient (Wildman–Crippen LogP) is 4.16. The summed E-state index contributed by atoms with van der Waals surface area (Å²) in [6.07, 6.45) is 7.98. The molecule has 63 heavy (non-hydrogen) atoms. The Morgan fingerprint density at radius 3 is 1.94 bits per heavy atom. The summed E-state index contributed by atoms with van der Waals surface area (Å²) in [5.41, 5.74) is 12.0. The number of esters is 1. The number of fused-ring (bicyclic) bond motifs is 2. The highest BCUT2D eigenvalue weighted by Crippen LogP contribution is 2.31. The van der Waals surface area contributed by atoms with Gasteiger partial charge in [0.15, 0.2) is 18.2 Å². The van der Waals surface area contributed by atoms with Crippen molar-refractivity contribution in [3.63, 3.8) is 0 Å². The molecule has 20 nitrogen and oxygen atoms in total. The number of anilines is 2. The van der Waals surface area contributed by atoms with Crippen LogP contribution in [0, 0.1) is 13.8 Å². The number of methoxy groups -OCH3 is 1. The van der Waals surface area contributed by atoms with Crippen LogP contribution >= 0.6 is 0 Å². The van der Waals surface area contributed by atoms with E-state index < -0.39 is 11.9 Å². The van der Waals surface area contributed by atoms with Gasteiger partial charge in [-0.05, 0) is 64.4 Å². The number of nitrogens with one attached hydrogen (secondary N) is 2. The van der Waals surface area contributed by atoms with Crippen LogP contribution in [0.1, 0.15) is 73.3 Å². The second-order valence-corrected chi connectivity index (χ2v) is 14.3. The van der Waals surface area contributed by atoms with Crippen LogP contribution in [0.2, 0.25) is 0 Å². The zero-order chi connectivity index (χ0) is 45.5. The standard InChI is InChI=1S/C29H37N9O5.2C7H10N2O/c1-31-28-34-21-15-19(25(30)39)17-23(43-12-6-7-36-10-13-42-14-11-36)24(21)37(28)8-4-5-9-38-26-22(35-29(38)32-2)16-20(18-33-26)27(40)41-3;2*1-3-9-7(5-10)4-6(2)8-9/h4-5,15-18H,6-14H2,1-3H3,(H2,30,39)(H,31,34)(H,32,35);2*4-5H,3H2,1-2H3/b5-4+;;. The summed E-state index contributed by atoms with van der Waals surface area (Å²) in [6.45, 7) is 14.9. The van der Waals surface area contributed by atoms with Gasteiger partial charge in [0.2, 0.25) is 17.8 Å². The third-order valence-electron chi connectivity index (χ3n) is 9.97. The number of morpholine rings is 1. The van der Waals surface area contributed by atoms with Crippen LogP contribution in [-0.4, -0.2) is 134 Å². The number of carbonyl (C=O) groups is 4. The molecule has 1 aliphatic heterocycles. The second-order valence-electron chi connectivity index (χ2n) is 14.3. The molecule has 6 heterocycles. The highest BCUT2D eigenvalue weighted by Gasteiger charge is 2.19. The molecule has 1 saturated heterocycles. The lowest BCUT2D eigenvalue weighted by molar-refractivity contribution is 0.0358. The van der Waals surface area contributed by atoms with Crippen LogP contribution in [0.5, 0.6) is 5.75 Å². The Labute approximate surface area is 365 Å². The number of imidazole rings is 2. The number of benzene rings is 1. The SMILES string of the molecule is CCn1nc(C)cc1C=O.CCn1nc(C)cc1C=O.CNc1nc2cc(C(=O)OC)cnc2n1C/C=C/Cn1c(NC)nc2cc(C(N)=O)cc(OCCCN3CCOCC3)c21. The Morgan fingerprint density at radius 1 is 0.825 bits per heavy atom. The molecule has 0 radical (unpaired) electrons. The first-order valence-corrected chi connectivity index (χ1v) is 20.7. The molecule has 5 aromatic heterocycles. The molecule has 7 rings (SSSR count). The van der Waals surface area contributed by atoms with Crippen LogP contribution in [-0.2, 0) is 35.7 Å². The molecule has 20 heteroatoms. The number of hydrogen-bond donors (Lipinski definition) is 3. The summed E-state index contributed by atoms with van der Waals surface area (Å²) < 4.78 is 23.7. The van der Waals surface area contributed by atoms with E-state index in [9.17, 15) is 19.2 Å². The van der Waals surface area contributed by atoms with E-state index in [1.807, 2.05) is 49.0 Å². The number of amides is 1. The third kappa shape index (κ3) is 11.9. The summed E-state index contributed by atoms with van der Waals surface area (Å²) in [6, 6.07) is 8.58. The van der Waals surface area contributed by atoms with E-state index in [1.54, 1.807) is 53.8 Å². The van der Waals surface area contributed by atoms with E-state index in [-0.39, 0.29) is 0 Å². The molecular formula is C43H57N13O7. The van der Waals surface area contributed by atoms with E-state index in [1.165, 1.54) is 13.3 Å². The number of hydrogen-bond acceptors (Lipinski definition) is 15. The zero-order valence-corrected chi connectivity index (χ0v) is 37.0. The Morgan fingerprint density at radius 2 is 1.40 bits per heavy atom. The third-order valence-corrected chi connectivity index (χ3v) is 9.97. The fourth-order valence-electron chi connectivity index (χ4n) is 6.94. The topological polar surface area (TPSA) is 233 Å². The van der Waals surface area contributed by atoms with E-state index in [0.29, 0.717) is 76.5 Å². The smallest absolute Gasteiger partial charge is 0.339 e. The van der Waals surface area contributed by atoms with E-state index >= 15 is 0 Å². The summed E-state index contributed by atoms with van der Waals surface area (Å²) in [5.74, 6) is 0.789. The van der Waals surface area contributed by atoms with Gasteiger partial charge < -0.3 is 35.1 Å². The Bertz CT molecular complexity index is 2480. The summed E-state index contributed by atoms with van der Waals surface area (Å²) in [5, 5.41) is 14.4. The molecule has 0 unspecified atom stereocenters. The van der Waals surface area contributed by atoms with Crippen LogP contribution in [0.3, 0.4) is 0 Å². The number of allylic oxidation sites excluding steroid dienone is 2. The number of nitrogens with zero attached hydrogens (tertiary/aromatic N) is 10. The van der Waals surface area contributed by atoms with Crippen molar-refractivity contribution in [3.8, 4) is 5.75 Å². The molecule has 0 aliphatic carbocycles. The Hall–Kier alpha value is -6.93. The molecule has 1 aromatic carbocycles. The van der Waals surface area contributed by atoms with Gasteiger partial charge in [0.1, 0.15) is 28.2 Å². The molecule has 1 fully saturated rings. The average molecular weight is 868 g/mol. The highest BCUT2D eigenvalue weighted by atomic mass is 16.5. The Balaban J connectivity index is 0.000000305. The van der Waals surface area contributed by atoms with Crippen molar-refractivity contribution in [3.05, 3.63) is 82.6 Å². The lowest BCUT2D eigenvalue weighted by Gasteiger charge is -2.26. The number of carbonyl (C=O) groups excluding carboxylic acids is 4. The minimum absolute atomic E-state index is 0.336. The van der Waals surface area contributed by atoms with Crippen molar-refractivity contribution in [2.75, 3.05) is 71.3 Å². The van der Waals surface area contributed by atoms with Gasteiger partial charge in [-0.1, -0.05) is 12.2 Å². The normalized spacial score (nSPS) is 12.7. The van der Waals surface area contributed by atoms with Gasteiger partial charge in [0.25, 0.3) is 0 Å². The largest absolute Gasteiger partial charge is 0.491 e. The highest BCUT2D eigenvalue weighted by molar-refractivity contribution is 5.99. The molecule has 4 N–H and O–H groups in total. The first-order chi connectivity index (χ1) is 30.5. The first kappa shape index (κ1) is 47.1. The quantitative estimate of drug-likeness (QED) is 0.0506. The molecule has 6 aromatic rings. The van der Waals surface area contributed by atoms with Gasteiger partial charge in [-0.15, -0.1) is 0 Å². The average Bonchev–Trinajstić information content (AvgIpc) is 4.07. The van der Waals surface area contributed by atoms with Crippen molar-refractivity contribution in [2.24, 2.45) is 5.73 Å². The van der Waals surface area contributed by atoms with Crippen molar-refractivity contribution in [2.45, 2.75) is 60.3 Å².